The highest BCUT2D eigenvalue weighted by atomic mass is 79.9. The maximum absolute atomic E-state index is 13.8. The molecule has 0 atom stereocenters. The molecule has 7 nitrogen and oxygen atoms in total. The van der Waals surface area contributed by atoms with Gasteiger partial charge in [-0.25, -0.2) is 17.8 Å². The van der Waals surface area contributed by atoms with Gasteiger partial charge in [-0.05, 0) is 46.3 Å². The summed E-state index contributed by atoms with van der Waals surface area (Å²) in [7, 11) is -2.91. The average Bonchev–Trinajstić information content (AvgIpc) is 3.18. The predicted octanol–water partition coefficient (Wildman–Crippen LogP) is 3.75. The topological polar surface area (TPSA) is 101 Å². The Kier molecular flexibility index (Phi) is 6.37. The van der Waals surface area contributed by atoms with Crippen LogP contribution in [0.1, 0.15) is 0 Å². The van der Waals surface area contributed by atoms with E-state index in [4.69, 9.17) is 11.6 Å². The first-order valence-corrected chi connectivity index (χ1v) is 10.7. The van der Waals surface area contributed by atoms with Crippen molar-refractivity contribution in [2.75, 3.05) is 13.7 Å². The minimum absolute atomic E-state index is 0.0205. The fraction of sp³-hybridized carbons (Fsp3) is 0.111. The van der Waals surface area contributed by atoms with Crippen LogP contribution in [0.5, 0.6) is 0 Å². The Balaban J connectivity index is 1.93. The summed E-state index contributed by atoms with van der Waals surface area (Å²) < 4.78 is 45.6. The van der Waals surface area contributed by atoms with Crippen molar-refractivity contribution in [1.29, 1.82) is 0 Å². The average molecular weight is 503 g/mol. The predicted molar refractivity (Wildman–Crippen MR) is 109 cm³/mol. The highest BCUT2D eigenvalue weighted by Crippen LogP contribution is 2.29. The molecule has 2 N–H and O–H groups in total. The molecule has 0 aliphatic rings. The molecule has 3 aromatic rings. The molecule has 0 aliphatic heterocycles. The lowest BCUT2D eigenvalue weighted by Gasteiger charge is -2.09. The van der Waals surface area contributed by atoms with E-state index in [0.29, 0.717) is 27.1 Å². The van der Waals surface area contributed by atoms with E-state index in [-0.39, 0.29) is 9.92 Å². The molecule has 11 heteroatoms. The van der Waals surface area contributed by atoms with Crippen LogP contribution in [-0.2, 0) is 19.6 Å². The van der Waals surface area contributed by atoms with E-state index in [2.05, 4.69) is 35.4 Å². The molecule has 0 saturated heterocycles. The van der Waals surface area contributed by atoms with Crippen molar-refractivity contribution in [2.45, 2.75) is 4.90 Å². The summed E-state index contributed by atoms with van der Waals surface area (Å²) in [6.07, 6.45) is 1.58. The second-order valence-corrected chi connectivity index (χ2v) is 8.81. The number of carbonyl (C=O) groups excluding carboxylic acids is 1. The van der Waals surface area contributed by atoms with E-state index in [1.165, 1.54) is 18.2 Å². The zero-order valence-corrected chi connectivity index (χ0v) is 18.0. The van der Waals surface area contributed by atoms with E-state index in [0.717, 1.165) is 7.11 Å². The number of benzene rings is 2. The van der Waals surface area contributed by atoms with E-state index in [9.17, 15) is 17.6 Å². The third-order valence-electron chi connectivity index (χ3n) is 3.92. The number of halogens is 3. The van der Waals surface area contributed by atoms with Gasteiger partial charge in [-0.3, -0.25) is 4.79 Å². The third kappa shape index (κ3) is 4.84. The second-order valence-electron chi connectivity index (χ2n) is 5.81. The van der Waals surface area contributed by atoms with Crippen molar-refractivity contribution in [3.8, 4) is 22.6 Å². The van der Waals surface area contributed by atoms with Gasteiger partial charge in [-0.1, -0.05) is 17.7 Å². The van der Waals surface area contributed by atoms with Gasteiger partial charge in [0.1, 0.15) is 23.1 Å². The lowest BCUT2D eigenvalue weighted by atomic mass is 10.2. The number of aromatic nitrogens is 2. The number of rotatable bonds is 6. The highest BCUT2D eigenvalue weighted by Gasteiger charge is 2.21. The number of hydrogen-bond donors (Lipinski definition) is 2. The van der Waals surface area contributed by atoms with Crippen LogP contribution < -0.4 is 4.72 Å². The number of imidazole rings is 1. The molecule has 0 amide bonds. The Morgan fingerprint density at radius 2 is 2.00 bits per heavy atom. The molecule has 0 aliphatic carbocycles. The van der Waals surface area contributed by atoms with Gasteiger partial charge in [0.15, 0.2) is 0 Å². The van der Waals surface area contributed by atoms with Crippen molar-refractivity contribution >= 4 is 43.5 Å². The summed E-state index contributed by atoms with van der Waals surface area (Å²) in [4.78, 5) is 18.3. The monoisotopic (exact) mass is 501 g/mol. The summed E-state index contributed by atoms with van der Waals surface area (Å²) in [6, 6.07) is 8.92. The van der Waals surface area contributed by atoms with E-state index < -0.39 is 28.4 Å². The number of carbonyl (C=O) groups is 1. The molecule has 1 aromatic heterocycles. The van der Waals surface area contributed by atoms with Crippen LogP contribution in [-0.4, -0.2) is 38.0 Å². The van der Waals surface area contributed by atoms with Gasteiger partial charge in [-0.15, -0.1) is 0 Å². The number of ether oxygens (including phenoxy) is 1. The molecule has 0 radical (unpaired) electrons. The smallest absolute Gasteiger partial charge is 0.320 e. The largest absolute Gasteiger partial charge is 0.468 e. The quantitative estimate of drug-likeness (QED) is 0.500. The Hall–Kier alpha value is -2.27. The number of aromatic amines is 1. The first kappa shape index (κ1) is 21.4. The number of nitrogens with zero attached hydrogens (tertiary/aromatic N) is 1. The summed E-state index contributed by atoms with van der Waals surface area (Å²) in [5.74, 6) is -0.800. The van der Waals surface area contributed by atoms with Crippen LogP contribution in [0.3, 0.4) is 0 Å². The third-order valence-corrected chi connectivity index (χ3v) is 6.45. The van der Waals surface area contributed by atoms with Crippen molar-refractivity contribution in [1.82, 2.24) is 14.7 Å². The zero-order valence-electron chi connectivity index (χ0n) is 14.9. The van der Waals surface area contributed by atoms with Crippen LogP contribution >= 0.6 is 27.5 Å². The zero-order chi connectivity index (χ0) is 21.2. The van der Waals surface area contributed by atoms with Crippen LogP contribution in [0.2, 0.25) is 5.02 Å². The summed E-state index contributed by atoms with van der Waals surface area (Å²) in [5.41, 5.74) is 1.47. The molecular formula is C18H14BrClFN3O4S. The van der Waals surface area contributed by atoms with Crippen LogP contribution in [0.4, 0.5) is 4.39 Å². The summed E-state index contributed by atoms with van der Waals surface area (Å²) >= 11 is 9.13. The number of H-pyrrole nitrogens is 1. The molecular weight excluding hydrogens is 489 g/mol. The van der Waals surface area contributed by atoms with Crippen LogP contribution in [0.15, 0.2) is 52.0 Å². The van der Waals surface area contributed by atoms with Crippen LogP contribution in [0, 0.1) is 5.82 Å². The van der Waals surface area contributed by atoms with Gasteiger partial charge in [0, 0.05) is 17.3 Å². The van der Waals surface area contributed by atoms with Gasteiger partial charge in [-0.2, -0.15) is 4.72 Å². The van der Waals surface area contributed by atoms with E-state index >= 15 is 0 Å². The van der Waals surface area contributed by atoms with Crippen LogP contribution in [0.25, 0.3) is 22.6 Å². The number of sulfonamides is 1. The fourth-order valence-electron chi connectivity index (χ4n) is 2.43. The van der Waals surface area contributed by atoms with Crippen molar-refractivity contribution in [3.63, 3.8) is 0 Å². The Morgan fingerprint density at radius 3 is 2.69 bits per heavy atom. The van der Waals surface area contributed by atoms with Gasteiger partial charge >= 0.3 is 5.97 Å². The maximum atomic E-state index is 13.8. The first-order chi connectivity index (χ1) is 13.7. The van der Waals surface area contributed by atoms with Gasteiger partial charge < -0.3 is 9.72 Å². The Labute approximate surface area is 179 Å². The SMILES string of the molecule is COC(=O)CNS(=O)(=O)c1cc(-c2nc(-c3ccc(Br)c(F)c3)c[nH]2)ccc1Cl. The molecule has 152 valence electrons. The number of methoxy groups -OCH3 is 1. The molecule has 3 rings (SSSR count). The summed E-state index contributed by atoms with van der Waals surface area (Å²) in [6.45, 7) is -0.528. The standard InChI is InChI=1S/C18H14BrClFN3O4S/c1-28-17(25)9-23-29(26,27)16-7-11(3-5-13(16)20)18-22-8-15(24-18)10-2-4-12(19)14(21)6-10/h2-8,23H,9H2,1H3,(H,22,24). The lowest BCUT2D eigenvalue weighted by molar-refractivity contribution is -0.139. The second kappa shape index (κ2) is 8.62. The molecule has 2 aromatic carbocycles. The number of nitrogens with one attached hydrogen (secondary N) is 2. The van der Waals surface area contributed by atoms with Crippen molar-refractivity contribution in [2.24, 2.45) is 0 Å². The molecule has 0 saturated carbocycles. The molecule has 29 heavy (non-hydrogen) atoms. The maximum Gasteiger partial charge on any atom is 0.320 e. The van der Waals surface area contributed by atoms with Crippen molar-refractivity contribution < 1.29 is 22.3 Å². The molecule has 0 unspecified atom stereocenters. The van der Waals surface area contributed by atoms with Gasteiger partial charge in [0.2, 0.25) is 10.0 Å². The first-order valence-electron chi connectivity index (χ1n) is 8.08. The van der Waals surface area contributed by atoms with E-state index in [1.54, 1.807) is 24.4 Å². The Morgan fingerprint density at radius 1 is 1.28 bits per heavy atom. The Bertz CT molecular complexity index is 1180. The van der Waals surface area contributed by atoms with Gasteiger partial charge in [0.25, 0.3) is 0 Å². The minimum Gasteiger partial charge on any atom is -0.468 e. The molecule has 0 spiro atoms. The minimum atomic E-state index is -4.06. The molecule has 0 bridgehead atoms. The molecule has 1 heterocycles. The normalized spacial score (nSPS) is 11.4. The fourth-order valence-corrected chi connectivity index (χ4v) is 4.17. The number of hydrogen-bond acceptors (Lipinski definition) is 5. The van der Waals surface area contributed by atoms with E-state index in [1.807, 2.05) is 0 Å². The summed E-state index contributed by atoms with van der Waals surface area (Å²) in [5, 5.41) is -0.0205. The number of esters is 1. The van der Waals surface area contributed by atoms with Crippen molar-refractivity contribution in [3.05, 3.63) is 57.9 Å². The lowest BCUT2D eigenvalue weighted by Crippen LogP contribution is -2.30. The highest BCUT2D eigenvalue weighted by molar-refractivity contribution is 9.10. The van der Waals surface area contributed by atoms with Gasteiger partial charge in [0.05, 0.1) is 22.3 Å². The molecule has 0 fully saturated rings.